The molecule has 24 heavy (non-hydrogen) atoms. The number of ether oxygens (including phenoxy) is 1. The summed E-state index contributed by atoms with van der Waals surface area (Å²) in [6, 6.07) is 8.66. The van der Waals surface area contributed by atoms with Crippen LogP contribution < -0.4 is 15.4 Å². The summed E-state index contributed by atoms with van der Waals surface area (Å²) < 4.78 is 10.7. The van der Waals surface area contributed by atoms with E-state index in [4.69, 9.17) is 9.15 Å². The van der Waals surface area contributed by atoms with Crippen LogP contribution in [0.2, 0.25) is 0 Å². The SMILES string of the molecule is Cc1occc1CNC(=O)NC[C@@H](O)c1ccc(OC(C)C)cc1. The predicted molar refractivity (Wildman–Crippen MR) is 90.8 cm³/mol. The fraction of sp³-hybridized carbons (Fsp3) is 0.389. The molecule has 0 fully saturated rings. The lowest BCUT2D eigenvalue weighted by Crippen LogP contribution is -2.37. The molecular formula is C18H24N2O4. The largest absolute Gasteiger partial charge is 0.491 e. The minimum Gasteiger partial charge on any atom is -0.491 e. The van der Waals surface area contributed by atoms with Gasteiger partial charge in [-0.15, -0.1) is 0 Å². The Balaban J connectivity index is 1.76. The number of aryl methyl sites for hydroxylation is 1. The van der Waals surface area contributed by atoms with Crippen molar-refractivity contribution in [1.29, 1.82) is 0 Å². The number of furan rings is 1. The summed E-state index contributed by atoms with van der Waals surface area (Å²) in [5.41, 5.74) is 1.64. The van der Waals surface area contributed by atoms with Crippen molar-refractivity contribution in [2.24, 2.45) is 0 Å². The third-order valence-electron chi connectivity index (χ3n) is 3.50. The monoisotopic (exact) mass is 332 g/mol. The zero-order valence-electron chi connectivity index (χ0n) is 14.2. The first-order valence-electron chi connectivity index (χ1n) is 7.95. The highest BCUT2D eigenvalue weighted by atomic mass is 16.5. The lowest BCUT2D eigenvalue weighted by Gasteiger charge is -2.14. The molecule has 1 heterocycles. The number of aliphatic hydroxyl groups is 1. The molecule has 2 aromatic rings. The molecule has 2 amide bonds. The van der Waals surface area contributed by atoms with Gasteiger partial charge in [-0.2, -0.15) is 0 Å². The van der Waals surface area contributed by atoms with Crippen LogP contribution in [0.4, 0.5) is 4.79 Å². The fourth-order valence-electron chi connectivity index (χ4n) is 2.18. The average molecular weight is 332 g/mol. The Morgan fingerprint density at radius 3 is 2.50 bits per heavy atom. The third kappa shape index (κ3) is 5.31. The Kier molecular flexibility index (Phi) is 6.26. The van der Waals surface area contributed by atoms with E-state index < -0.39 is 6.10 Å². The van der Waals surface area contributed by atoms with E-state index in [1.807, 2.05) is 26.8 Å². The molecule has 0 saturated heterocycles. The topological polar surface area (TPSA) is 83.7 Å². The molecule has 1 aromatic carbocycles. The van der Waals surface area contributed by atoms with Crippen LogP contribution in [0.15, 0.2) is 41.0 Å². The number of aliphatic hydroxyl groups excluding tert-OH is 1. The Morgan fingerprint density at radius 2 is 1.92 bits per heavy atom. The zero-order valence-corrected chi connectivity index (χ0v) is 14.2. The molecule has 0 aliphatic heterocycles. The van der Waals surface area contributed by atoms with Crippen molar-refractivity contribution in [3.63, 3.8) is 0 Å². The molecule has 6 heteroatoms. The van der Waals surface area contributed by atoms with Crippen LogP contribution in [0.1, 0.15) is 36.8 Å². The maximum atomic E-state index is 11.8. The molecule has 0 saturated carbocycles. The van der Waals surface area contributed by atoms with Gasteiger partial charge in [0.2, 0.25) is 0 Å². The first-order chi connectivity index (χ1) is 11.5. The maximum Gasteiger partial charge on any atom is 0.315 e. The minimum absolute atomic E-state index is 0.102. The van der Waals surface area contributed by atoms with Crippen molar-refractivity contribution in [3.05, 3.63) is 53.5 Å². The molecule has 0 aliphatic rings. The molecule has 3 N–H and O–H groups in total. The van der Waals surface area contributed by atoms with E-state index in [0.29, 0.717) is 6.54 Å². The van der Waals surface area contributed by atoms with Gasteiger partial charge in [0.05, 0.1) is 18.5 Å². The normalized spacial score (nSPS) is 12.0. The van der Waals surface area contributed by atoms with Gasteiger partial charge in [0.1, 0.15) is 11.5 Å². The van der Waals surface area contributed by atoms with Gasteiger partial charge in [0.15, 0.2) is 0 Å². The molecule has 1 aromatic heterocycles. The van der Waals surface area contributed by atoms with Crippen LogP contribution in [0.3, 0.4) is 0 Å². The molecule has 6 nitrogen and oxygen atoms in total. The first kappa shape index (κ1) is 17.9. The van der Waals surface area contributed by atoms with Crippen molar-refractivity contribution in [3.8, 4) is 5.75 Å². The molecule has 0 aliphatic carbocycles. The lowest BCUT2D eigenvalue weighted by molar-refractivity contribution is 0.173. The van der Waals surface area contributed by atoms with Gasteiger partial charge in [0, 0.05) is 18.7 Å². The number of carbonyl (C=O) groups is 1. The van der Waals surface area contributed by atoms with Crippen molar-refractivity contribution in [2.45, 2.75) is 39.5 Å². The van der Waals surface area contributed by atoms with E-state index in [-0.39, 0.29) is 18.7 Å². The highest BCUT2D eigenvalue weighted by molar-refractivity contribution is 5.73. The summed E-state index contributed by atoms with van der Waals surface area (Å²) in [6.07, 6.45) is 0.908. The van der Waals surface area contributed by atoms with Gasteiger partial charge >= 0.3 is 6.03 Å². The molecule has 1 atom stereocenters. The van der Waals surface area contributed by atoms with E-state index in [1.165, 1.54) is 0 Å². The molecule has 2 rings (SSSR count). The smallest absolute Gasteiger partial charge is 0.315 e. The summed E-state index contributed by atoms with van der Waals surface area (Å²) in [5, 5.41) is 15.5. The van der Waals surface area contributed by atoms with Gasteiger partial charge in [0.25, 0.3) is 0 Å². The second-order valence-corrected chi connectivity index (χ2v) is 5.82. The molecule has 0 spiro atoms. The Bertz CT molecular complexity index is 649. The molecule has 0 bridgehead atoms. The molecule has 130 valence electrons. The highest BCUT2D eigenvalue weighted by Crippen LogP contribution is 2.18. The highest BCUT2D eigenvalue weighted by Gasteiger charge is 2.10. The quantitative estimate of drug-likeness (QED) is 0.728. The number of rotatable bonds is 7. The first-order valence-corrected chi connectivity index (χ1v) is 7.95. The Hall–Kier alpha value is -2.47. The second-order valence-electron chi connectivity index (χ2n) is 5.82. The van der Waals surface area contributed by atoms with Crippen LogP contribution in [0, 0.1) is 6.92 Å². The maximum absolute atomic E-state index is 11.8. The van der Waals surface area contributed by atoms with Crippen LogP contribution in [0.25, 0.3) is 0 Å². The molecular weight excluding hydrogens is 308 g/mol. The number of hydrogen-bond donors (Lipinski definition) is 3. The van der Waals surface area contributed by atoms with Crippen LogP contribution in [-0.2, 0) is 6.54 Å². The molecule has 0 unspecified atom stereocenters. The summed E-state index contributed by atoms with van der Waals surface area (Å²) in [6.45, 7) is 6.25. The number of amides is 2. The number of carbonyl (C=O) groups excluding carboxylic acids is 1. The van der Waals surface area contributed by atoms with E-state index in [9.17, 15) is 9.90 Å². The van der Waals surface area contributed by atoms with Gasteiger partial charge in [-0.3, -0.25) is 0 Å². The standard InChI is InChI=1S/C18H24N2O4/c1-12(2)24-16-6-4-14(5-7-16)17(21)11-20-18(22)19-10-15-8-9-23-13(15)3/h4-9,12,17,21H,10-11H2,1-3H3,(H2,19,20,22)/t17-/m1/s1. The zero-order chi connectivity index (χ0) is 17.5. The van der Waals surface area contributed by atoms with Gasteiger partial charge in [-0.1, -0.05) is 12.1 Å². The van der Waals surface area contributed by atoms with Gasteiger partial charge in [-0.05, 0) is 44.5 Å². The minimum atomic E-state index is -0.778. The van der Waals surface area contributed by atoms with E-state index in [1.54, 1.807) is 30.5 Å². The van der Waals surface area contributed by atoms with E-state index in [2.05, 4.69) is 10.6 Å². The van der Waals surface area contributed by atoms with E-state index >= 15 is 0 Å². The summed E-state index contributed by atoms with van der Waals surface area (Å²) in [4.78, 5) is 11.8. The molecule has 0 radical (unpaired) electrons. The van der Waals surface area contributed by atoms with Gasteiger partial charge in [-0.25, -0.2) is 4.79 Å². The average Bonchev–Trinajstić information content (AvgIpc) is 2.96. The van der Waals surface area contributed by atoms with Crippen LogP contribution in [-0.4, -0.2) is 23.8 Å². The van der Waals surface area contributed by atoms with Crippen LogP contribution in [0.5, 0.6) is 5.75 Å². The van der Waals surface area contributed by atoms with Crippen molar-refractivity contribution in [1.82, 2.24) is 10.6 Å². The van der Waals surface area contributed by atoms with Crippen molar-refractivity contribution >= 4 is 6.03 Å². The summed E-state index contributed by atoms with van der Waals surface area (Å²) >= 11 is 0. The number of benzene rings is 1. The van der Waals surface area contributed by atoms with E-state index in [0.717, 1.165) is 22.6 Å². The lowest BCUT2D eigenvalue weighted by atomic mass is 10.1. The second kappa shape index (κ2) is 8.40. The Morgan fingerprint density at radius 1 is 1.21 bits per heavy atom. The van der Waals surface area contributed by atoms with Crippen LogP contribution >= 0.6 is 0 Å². The number of hydrogen-bond acceptors (Lipinski definition) is 4. The summed E-state index contributed by atoms with van der Waals surface area (Å²) in [7, 11) is 0. The number of nitrogens with one attached hydrogen (secondary N) is 2. The fourth-order valence-corrected chi connectivity index (χ4v) is 2.18. The van der Waals surface area contributed by atoms with Gasteiger partial charge < -0.3 is 24.9 Å². The van der Waals surface area contributed by atoms with Crippen molar-refractivity contribution < 1.29 is 19.1 Å². The van der Waals surface area contributed by atoms with Crippen molar-refractivity contribution in [2.75, 3.05) is 6.54 Å². The third-order valence-corrected chi connectivity index (χ3v) is 3.50. The number of urea groups is 1. The predicted octanol–water partition coefficient (Wildman–Crippen LogP) is 2.91. The summed E-state index contributed by atoms with van der Waals surface area (Å²) in [5.74, 6) is 1.53. The Labute approximate surface area is 141 Å².